The molecule has 3 rings (SSSR count). The van der Waals surface area contributed by atoms with Crippen LogP contribution < -0.4 is 0 Å². The monoisotopic (exact) mass is 340 g/mol. The first-order valence-electron chi connectivity index (χ1n) is 8.97. The molecule has 2 heterocycles. The van der Waals surface area contributed by atoms with Gasteiger partial charge in [-0.2, -0.15) is 0 Å². The van der Waals surface area contributed by atoms with E-state index in [1.165, 1.54) is 27.8 Å². The summed E-state index contributed by atoms with van der Waals surface area (Å²) >= 11 is 0. The Morgan fingerprint density at radius 2 is 1.80 bits per heavy atom. The molecule has 1 saturated heterocycles. The quantitative estimate of drug-likeness (QED) is 0.740. The summed E-state index contributed by atoms with van der Waals surface area (Å²) in [6.07, 6.45) is 0.564. The van der Waals surface area contributed by atoms with Gasteiger partial charge in [0, 0.05) is 18.7 Å². The normalized spacial score (nSPS) is 20.5. The van der Waals surface area contributed by atoms with Crippen molar-refractivity contribution >= 4 is 11.8 Å². The van der Waals surface area contributed by atoms with E-state index in [-0.39, 0.29) is 12.1 Å². The van der Waals surface area contributed by atoms with Crippen molar-refractivity contribution in [2.45, 2.75) is 59.6 Å². The summed E-state index contributed by atoms with van der Waals surface area (Å²) in [5.41, 5.74) is 6.92. The van der Waals surface area contributed by atoms with Crippen LogP contribution in [0.25, 0.3) is 0 Å². The van der Waals surface area contributed by atoms with Gasteiger partial charge in [-0.05, 0) is 58.3 Å². The number of benzene rings is 1. The van der Waals surface area contributed by atoms with Gasteiger partial charge in [-0.1, -0.05) is 29.3 Å². The molecule has 0 aromatic heterocycles. The van der Waals surface area contributed by atoms with Crippen molar-refractivity contribution in [3.05, 3.63) is 46.0 Å². The van der Waals surface area contributed by atoms with E-state index in [0.717, 1.165) is 12.1 Å². The minimum absolute atomic E-state index is 0.0854. The lowest BCUT2D eigenvalue weighted by Gasteiger charge is -2.31. The molecule has 0 radical (unpaired) electrons. The fraction of sp³-hybridized carbons (Fsp3) is 0.524. The minimum Gasteiger partial charge on any atom is -0.444 e. The number of fused-ring (bicyclic) bond motifs is 1. The van der Waals surface area contributed by atoms with Crippen LogP contribution in [0.15, 0.2) is 34.3 Å². The number of carbonyl (C=O) groups is 1. The van der Waals surface area contributed by atoms with Crippen LogP contribution in [0.3, 0.4) is 0 Å². The van der Waals surface area contributed by atoms with Crippen LogP contribution in [0, 0.1) is 13.8 Å². The van der Waals surface area contributed by atoms with Crippen LogP contribution in [-0.4, -0.2) is 35.4 Å². The van der Waals surface area contributed by atoms with Crippen LogP contribution in [0.2, 0.25) is 0 Å². The second-order valence-electron chi connectivity index (χ2n) is 8.21. The molecule has 1 aromatic carbocycles. The van der Waals surface area contributed by atoms with E-state index in [1.54, 1.807) is 4.90 Å². The average Bonchev–Trinajstić information content (AvgIpc) is 2.81. The Morgan fingerprint density at radius 3 is 2.40 bits per heavy atom. The molecular weight excluding hydrogens is 312 g/mol. The highest BCUT2D eigenvalue weighted by Crippen LogP contribution is 2.37. The van der Waals surface area contributed by atoms with E-state index in [0.29, 0.717) is 13.1 Å². The van der Waals surface area contributed by atoms with Crippen molar-refractivity contribution in [3.8, 4) is 0 Å². The zero-order chi connectivity index (χ0) is 18.4. The van der Waals surface area contributed by atoms with E-state index in [2.05, 4.69) is 39.0 Å². The molecule has 1 fully saturated rings. The molecule has 4 heteroatoms. The molecular formula is C21H28N2O2. The topological polar surface area (TPSA) is 41.9 Å². The highest BCUT2D eigenvalue weighted by Gasteiger charge is 2.33. The van der Waals surface area contributed by atoms with E-state index >= 15 is 0 Å². The van der Waals surface area contributed by atoms with Crippen molar-refractivity contribution in [1.82, 2.24) is 4.90 Å². The first-order valence-corrected chi connectivity index (χ1v) is 8.97. The Labute approximate surface area is 150 Å². The summed E-state index contributed by atoms with van der Waals surface area (Å²) < 4.78 is 5.53. The Kier molecular flexibility index (Phi) is 4.48. The van der Waals surface area contributed by atoms with Gasteiger partial charge in [0.1, 0.15) is 5.60 Å². The van der Waals surface area contributed by atoms with Gasteiger partial charge in [0.2, 0.25) is 0 Å². The Balaban J connectivity index is 1.83. The number of aliphatic imine (C=N–C) groups is 1. The van der Waals surface area contributed by atoms with Crippen molar-refractivity contribution in [2.24, 2.45) is 4.99 Å². The molecule has 0 saturated carbocycles. The third kappa shape index (κ3) is 3.78. The van der Waals surface area contributed by atoms with Gasteiger partial charge in [-0.3, -0.25) is 4.99 Å². The maximum atomic E-state index is 12.4. The standard InChI is InChI=1S/C21H28N2O2/c1-13-9-14(2)11-16(10-13)19-15(3)17-12-23(8-7-18(17)22-19)20(24)25-21(4,5)6/h9-11,19H,7-8,12H2,1-6H3. The van der Waals surface area contributed by atoms with Crippen molar-refractivity contribution in [2.75, 3.05) is 13.1 Å². The van der Waals surface area contributed by atoms with Gasteiger partial charge < -0.3 is 9.64 Å². The summed E-state index contributed by atoms with van der Waals surface area (Å²) in [5.74, 6) is 0. The number of nitrogens with zero attached hydrogens (tertiary/aromatic N) is 2. The zero-order valence-corrected chi connectivity index (χ0v) is 16.1. The molecule has 0 bridgehead atoms. The van der Waals surface area contributed by atoms with Crippen LogP contribution in [0.1, 0.15) is 56.8 Å². The largest absolute Gasteiger partial charge is 0.444 e. The predicted octanol–water partition coefficient (Wildman–Crippen LogP) is 4.76. The molecule has 134 valence electrons. The Morgan fingerprint density at radius 1 is 1.16 bits per heavy atom. The van der Waals surface area contributed by atoms with Gasteiger partial charge in [-0.15, -0.1) is 0 Å². The lowest BCUT2D eigenvalue weighted by atomic mass is 9.93. The molecule has 1 atom stereocenters. The van der Waals surface area contributed by atoms with E-state index in [4.69, 9.17) is 9.73 Å². The van der Waals surface area contributed by atoms with Crippen molar-refractivity contribution < 1.29 is 9.53 Å². The lowest BCUT2D eigenvalue weighted by Crippen LogP contribution is -2.42. The SMILES string of the molecule is CC1=C2CN(C(=O)OC(C)(C)C)CCC2=NC1c1cc(C)cc(C)c1. The number of aryl methyl sites for hydroxylation is 2. The van der Waals surface area contributed by atoms with Crippen molar-refractivity contribution in [1.29, 1.82) is 0 Å². The molecule has 1 aromatic rings. The molecule has 0 spiro atoms. The van der Waals surface area contributed by atoms with Crippen LogP contribution in [0.4, 0.5) is 4.79 Å². The maximum absolute atomic E-state index is 12.4. The first kappa shape index (κ1) is 17.7. The van der Waals surface area contributed by atoms with Gasteiger partial charge in [0.25, 0.3) is 0 Å². The molecule has 2 aliphatic heterocycles. The molecule has 4 nitrogen and oxygen atoms in total. The molecule has 1 amide bonds. The third-order valence-corrected chi connectivity index (χ3v) is 4.70. The summed E-state index contributed by atoms with van der Waals surface area (Å²) in [6.45, 7) is 13.4. The number of rotatable bonds is 1. The van der Waals surface area contributed by atoms with E-state index < -0.39 is 5.60 Å². The predicted molar refractivity (Wildman–Crippen MR) is 101 cm³/mol. The number of piperidine rings is 1. The molecule has 1 unspecified atom stereocenters. The van der Waals surface area contributed by atoms with Gasteiger partial charge in [0.05, 0.1) is 12.6 Å². The number of amides is 1. The van der Waals surface area contributed by atoms with Crippen LogP contribution >= 0.6 is 0 Å². The molecule has 2 aliphatic rings. The average molecular weight is 340 g/mol. The highest BCUT2D eigenvalue weighted by molar-refractivity contribution is 6.05. The van der Waals surface area contributed by atoms with Gasteiger partial charge >= 0.3 is 6.09 Å². The number of hydrogen-bond donors (Lipinski definition) is 0. The Hall–Kier alpha value is -2.10. The minimum atomic E-state index is -0.466. The maximum Gasteiger partial charge on any atom is 0.410 e. The van der Waals surface area contributed by atoms with E-state index in [9.17, 15) is 4.79 Å². The number of hydrogen-bond acceptors (Lipinski definition) is 3. The highest BCUT2D eigenvalue weighted by atomic mass is 16.6. The fourth-order valence-electron chi connectivity index (χ4n) is 3.64. The van der Waals surface area contributed by atoms with E-state index in [1.807, 2.05) is 20.8 Å². The van der Waals surface area contributed by atoms with Crippen LogP contribution in [0.5, 0.6) is 0 Å². The van der Waals surface area contributed by atoms with Crippen LogP contribution in [-0.2, 0) is 4.74 Å². The second-order valence-corrected chi connectivity index (χ2v) is 8.21. The van der Waals surface area contributed by atoms with Gasteiger partial charge in [-0.25, -0.2) is 4.79 Å². The summed E-state index contributed by atoms with van der Waals surface area (Å²) in [6, 6.07) is 6.71. The number of likely N-dealkylation sites (tertiary alicyclic amines) is 1. The summed E-state index contributed by atoms with van der Waals surface area (Å²) in [7, 11) is 0. The zero-order valence-electron chi connectivity index (χ0n) is 16.1. The summed E-state index contributed by atoms with van der Waals surface area (Å²) in [5, 5.41) is 0. The fourth-order valence-corrected chi connectivity index (χ4v) is 3.64. The van der Waals surface area contributed by atoms with Gasteiger partial charge in [0.15, 0.2) is 0 Å². The number of ether oxygens (including phenoxy) is 1. The third-order valence-electron chi connectivity index (χ3n) is 4.70. The smallest absolute Gasteiger partial charge is 0.410 e. The number of carbonyl (C=O) groups excluding carboxylic acids is 1. The lowest BCUT2D eigenvalue weighted by molar-refractivity contribution is 0.0267. The molecule has 25 heavy (non-hydrogen) atoms. The first-order chi connectivity index (χ1) is 11.6. The Bertz CT molecular complexity index is 748. The molecule has 0 N–H and O–H groups in total. The van der Waals surface area contributed by atoms with Crippen molar-refractivity contribution in [3.63, 3.8) is 0 Å². The summed E-state index contributed by atoms with van der Waals surface area (Å²) in [4.78, 5) is 19.2. The second kappa shape index (κ2) is 6.32. The molecule has 0 aliphatic carbocycles.